The molecule has 1 rings (SSSR count). The van der Waals surface area contributed by atoms with Gasteiger partial charge in [-0.15, -0.1) is 6.58 Å². The molecule has 15 heavy (non-hydrogen) atoms. The van der Waals surface area contributed by atoms with E-state index >= 15 is 0 Å². The van der Waals surface area contributed by atoms with E-state index in [9.17, 15) is 13.6 Å². The van der Waals surface area contributed by atoms with Crippen LogP contribution >= 0.6 is 0 Å². The van der Waals surface area contributed by atoms with Crippen molar-refractivity contribution in [1.82, 2.24) is 0 Å². The molecule has 0 aliphatic heterocycles. The summed E-state index contributed by atoms with van der Waals surface area (Å²) < 4.78 is 25.6. The van der Waals surface area contributed by atoms with E-state index in [1.807, 2.05) is 0 Å². The molecule has 0 radical (unpaired) electrons. The van der Waals surface area contributed by atoms with Crippen LogP contribution in [0, 0.1) is 11.6 Å². The molecule has 0 heterocycles. The highest BCUT2D eigenvalue weighted by atomic mass is 19.1. The number of carbonyl (C=O) groups excluding carboxylic acids is 1. The summed E-state index contributed by atoms with van der Waals surface area (Å²) in [6.07, 6.45) is 0.773. The van der Waals surface area contributed by atoms with Gasteiger partial charge in [-0.25, -0.2) is 8.78 Å². The number of ketones is 1. The van der Waals surface area contributed by atoms with Gasteiger partial charge < -0.3 is 0 Å². The fourth-order valence-corrected chi connectivity index (χ4v) is 1.19. The van der Waals surface area contributed by atoms with Crippen molar-refractivity contribution in [1.29, 1.82) is 0 Å². The van der Waals surface area contributed by atoms with E-state index in [4.69, 9.17) is 0 Å². The van der Waals surface area contributed by atoms with Crippen LogP contribution in [0.15, 0.2) is 30.4 Å². The van der Waals surface area contributed by atoms with E-state index in [0.29, 0.717) is 6.42 Å². The van der Waals surface area contributed by atoms with Crippen molar-refractivity contribution in [2.45, 2.75) is 19.8 Å². The summed E-state index contributed by atoms with van der Waals surface area (Å²) in [6.45, 7) is 5.46. The number of benzene rings is 1. The van der Waals surface area contributed by atoms with Crippen LogP contribution in [0.2, 0.25) is 0 Å². The molecule has 0 aliphatic carbocycles. The van der Waals surface area contributed by atoms with E-state index < -0.39 is 11.6 Å². The Bertz CT molecular complexity index is 376. The fourth-order valence-electron chi connectivity index (χ4n) is 1.19. The quantitative estimate of drug-likeness (QED) is 0.549. The van der Waals surface area contributed by atoms with E-state index in [0.717, 1.165) is 23.8 Å². The van der Waals surface area contributed by atoms with E-state index in [1.165, 1.54) is 0 Å². The van der Waals surface area contributed by atoms with Crippen LogP contribution in [0.1, 0.15) is 30.1 Å². The highest BCUT2D eigenvalue weighted by Gasteiger charge is 2.08. The Morgan fingerprint density at radius 3 is 2.20 bits per heavy atom. The lowest BCUT2D eigenvalue weighted by Gasteiger charge is -2.01. The summed E-state index contributed by atoms with van der Waals surface area (Å²) in [6, 6.07) is 2.84. The van der Waals surface area contributed by atoms with Gasteiger partial charge >= 0.3 is 0 Å². The highest BCUT2D eigenvalue weighted by molar-refractivity contribution is 5.96. The number of hydrogen-bond donors (Lipinski definition) is 0. The Kier molecular flexibility index (Phi) is 3.72. The van der Waals surface area contributed by atoms with Gasteiger partial charge in [0.1, 0.15) is 11.6 Å². The van der Waals surface area contributed by atoms with Crippen LogP contribution < -0.4 is 0 Å². The van der Waals surface area contributed by atoms with Gasteiger partial charge in [-0.05, 0) is 25.5 Å². The largest absolute Gasteiger partial charge is 0.294 e. The third-order valence-electron chi connectivity index (χ3n) is 1.96. The Balaban J connectivity index is 2.77. The molecular weight excluding hydrogens is 198 g/mol. The minimum atomic E-state index is -0.728. The number of hydrogen-bond acceptors (Lipinski definition) is 1. The minimum absolute atomic E-state index is 0.0775. The Morgan fingerprint density at radius 2 is 1.73 bits per heavy atom. The van der Waals surface area contributed by atoms with Gasteiger partial charge in [-0.1, -0.05) is 5.57 Å². The minimum Gasteiger partial charge on any atom is -0.294 e. The molecule has 1 aromatic carbocycles. The summed E-state index contributed by atoms with van der Waals surface area (Å²) in [5.74, 6) is -1.72. The molecule has 0 atom stereocenters. The van der Waals surface area contributed by atoms with Gasteiger partial charge in [0, 0.05) is 18.1 Å². The van der Waals surface area contributed by atoms with Crippen LogP contribution in [0.5, 0.6) is 0 Å². The van der Waals surface area contributed by atoms with Crippen LogP contribution in [0.3, 0.4) is 0 Å². The number of halogens is 2. The van der Waals surface area contributed by atoms with Gasteiger partial charge in [0.05, 0.1) is 0 Å². The lowest BCUT2D eigenvalue weighted by atomic mass is 10.0. The molecule has 0 fully saturated rings. The van der Waals surface area contributed by atoms with Crippen LogP contribution in [0.4, 0.5) is 8.78 Å². The van der Waals surface area contributed by atoms with Crippen molar-refractivity contribution in [2.75, 3.05) is 0 Å². The summed E-state index contributed by atoms with van der Waals surface area (Å²) in [5.41, 5.74) is 0.953. The normalized spacial score (nSPS) is 10.1. The molecule has 0 spiro atoms. The summed E-state index contributed by atoms with van der Waals surface area (Å²) >= 11 is 0. The van der Waals surface area contributed by atoms with Gasteiger partial charge in [0.2, 0.25) is 0 Å². The lowest BCUT2D eigenvalue weighted by molar-refractivity contribution is 0.0982. The zero-order valence-corrected chi connectivity index (χ0v) is 8.52. The molecular formula is C12H12F2O. The monoisotopic (exact) mass is 210 g/mol. The molecule has 0 unspecified atom stereocenters. The maximum Gasteiger partial charge on any atom is 0.163 e. The topological polar surface area (TPSA) is 17.1 Å². The molecule has 0 bridgehead atoms. The zero-order valence-electron chi connectivity index (χ0n) is 8.52. The molecule has 3 heteroatoms. The van der Waals surface area contributed by atoms with Gasteiger partial charge in [0.15, 0.2) is 5.78 Å². The van der Waals surface area contributed by atoms with E-state index in [2.05, 4.69) is 6.58 Å². The standard InChI is InChI=1S/C12H12F2O/c1-8(2)3-4-12(15)9-5-10(13)7-11(14)6-9/h5-7H,1,3-4H2,2H3. The maximum absolute atomic E-state index is 12.8. The van der Waals surface area contributed by atoms with Crippen molar-refractivity contribution < 1.29 is 13.6 Å². The molecule has 0 amide bonds. The predicted molar refractivity (Wildman–Crippen MR) is 54.7 cm³/mol. The molecule has 1 aromatic rings. The third kappa shape index (κ3) is 3.62. The second kappa shape index (κ2) is 4.82. The lowest BCUT2D eigenvalue weighted by Crippen LogP contribution is -2.00. The summed E-state index contributed by atoms with van der Waals surface area (Å²) in [7, 11) is 0. The van der Waals surface area contributed by atoms with Crippen LogP contribution in [-0.4, -0.2) is 5.78 Å². The van der Waals surface area contributed by atoms with Gasteiger partial charge in [-0.3, -0.25) is 4.79 Å². The molecule has 0 N–H and O–H groups in total. The first-order valence-electron chi connectivity index (χ1n) is 4.62. The van der Waals surface area contributed by atoms with Crippen LogP contribution in [-0.2, 0) is 0 Å². The number of carbonyl (C=O) groups is 1. The Hall–Kier alpha value is -1.51. The first kappa shape index (κ1) is 11.6. The maximum atomic E-state index is 12.8. The smallest absolute Gasteiger partial charge is 0.163 e. The predicted octanol–water partition coefficient (Wildman–Crippen LogP) is 3.50. The molecule has 0 saturated carbocycles. The molecule has 80 valence electrons. The second-order valence-corrected chi connectivity index (χ2v) is 3.54. The first-order chi connectivity index (χ1) is 6.99. The van der Waals surface area contributed by atoms with Crippen molar-refractivity contribution in [3.8, 4) is 0 Å². The van der Waals surface area contributed by atoms with Gasteiger partial charge in [0.25, 0.3) is 0 Å². The highest BCUT2D eigenvalue weighted by Crippen LogP contribution is 2.12. The van der Waals surface area contributed by atoms with Gasteiger partial charge in [-0.2, -0.15) is 0 Å². The van der Waals surface area contributed by atoms with E-state index in [1.54, 1.807) is 6.92 Å². The Labute approximate surface area is 87.4 Å². The van der Waals surface area contributed by atoms with Crippen molar-refractivity contribution >= 4 is 5.78 Å². The SMILES string of the molecule is C=C(C)CCC(=O)c1cc(F)cc(F)c1. The number of allylic oxidation sites excluding steroid dienone is 1. The van der Waals surface area contributed by atoms with Crippen LogP contribution in [0.25, 0.3) is 0 Å². The summed E-state index contributed by atoms with van der Waals surface area (Å²) in [4.78, 5) is 11.5. The fraction of sp³-hybridized carbons (Fsp3) is 0.250. The van der Waals surface area contributed by atoms with Crippen molar-refractivity contribution in [3.05, 3.63) is 47.5 Å². The van der Waals surface area contributed by atoms with Crippen molar-refractivity contribution in [3.63, 3.8) is 0 Å². The van der Waals surface area contributed by atoms with E-state index in [-0.39, 0.29) is 17.8 Å². The molecule has 1 nitrogen and oxygen atoms in total. The molecule has 0 aromatic heterocycles. The molecule has 0 saturated heterocycles. The first-order valence-corrected chi connectivity index (χ1v) is 4.62. The second-order valence-electron chi connectivity index (χ2n) is 3.54. The molecule has 0 aliphatic rings. The van der Waals surface area contributed by atoms with Crippen molar-refractivity contribution in [2.24, 2.45) is 0 Å². The zero-order chi connectivity index (χ0) is 11.4. The summed E-state index contributed by atoms with van der Waals surface area (Å²) in [5, 5.41) is 0. The number of Topliss-reactive ketones (excluding diaryl/α,β-unsaturated/α-hetero) is 1. The third-order valence-corrected chi connectivity index (χ3v) is 1.96. The average Bonchev–Trinajstić information content (AvgIpc) is 2.12. The average molecular weight is 210 g/mol. The Morgan fingerprint density at radius 1 is 1.20 bits per heavy atom. The number of rotatable bonds is 4.